The van der Waals surface area contributed by atoms with Gasteiger partial charge in [0.2, 0.25) is 0 Å². The number of nitrogen functional groups attached to an aromatic ring is 1. The Balaban J connectivity index is 1.96. The number of rotatable bonds is 4. The molecule has 2 aromatic carbocycles. The topological polar surface area (TPSA) is 86.3 Å². The number of hydrogen-bond donors (Lipinski definition) is 2. The van der Waals surface area contributed by atoms with Crippen LogP contribution in [0.5, 0.6) is 0 Å². The van der Waals surface area contributed by atoms with E-state index in [2.05, 4.69) is 5.32 Å². The summed E-state index contributed by atoms with van der Waals surface area (Å²) in [5.74, 6) is -0.729. The molecule has 3 N–H and O–H groups in total. The molecular weight excluding hydrogens is 370 g/mol. The second kappa shape index (κ2) is 7.51. The SMILES string of the molecule is COC(=O)c1ccccc1NC(=O)c1sc(=S)n(-c2ccccc2)c1N. The zero-order chi connectivity index (χ0) is 18.7. The number of hydrogen-bond acceptors (Lipinski definition) is 6. The van der Waals surface area contributed by atoms with E-state index in [9.17, 15) is 9.59 Å². The van der Waals surface area contributed by atoms with Gasteiger partial charge in [0.15, 0.2) is 3.95 Å². The molecule has 0 atom stereocenters. The molecule has 1 aromatic heterocycles. The number of carbonyl (C=O) groups is 2. The summed E-state index contributed by atoms with van der Waals surface area (Å²) in [7, 11) is 1.28. The van der Waals surface area contributed by atoms with Gasteiger partial charge in [-0.2, -0.15) is 0 Å². The summed E-state index contributed by atoms with van der Waals surface area (Å²) in [6.45, 7) is 0. The van der Waals surface area contributed by atoms with E-state index in [-0.39, 0.29) is 16.3 Å². The third-order valence-corrected chi connectivity index (χ3v) is 5.04. The van der Waals surface area contributed by atoms with Crippen LogP contribution in [0.1, 0.15) is 20.0 Å². The van der Waals surface area contributed by atoms with Crippen molar-refractivity contribution in [1.82, 2.24) is 4.57 Å². The van der Waals surface area contributed by atoms with Crippen LogP contribution in [0.25, 0.3) is 5.69 Å². The number of benzene rings is 2. The molecule has 1 amide bonds. The molecular formula is C18H15N3O3S2. The summed E-state index contributed by atoms with van der Waals surface area (Å²) >= 11 is 6.47. The lowest BCUT2D eigenvalue weighted by atomic mass is 10.2. The zero-order valence-corrected chi connectivity index (χ0v) is 15.4. The molecule has 3 rings (SSSR count). The van der Waals surface area contributed by atoms with Gasteiger partial charge < -0.3 is 15.8 Å². The number of nitrogens with one attached hydrogen (secondary N) is 1. The van der Waals surface area contributed by atoms with E-state index < -0.39 is 11.9 Å². The molecule has 6 nitrogen and oxygen atoms in total. The minimum absolute atomic E-state index is 0.249. The monoisotopic (exact) mass is 385 g/mol. The van der Waals surface area contributed by atoms with Crippen LogP contribution < -0.4 is 11.1 Å². The number of nitrogens with zero attached hydrogens (tertiary/aromatic N) is 1. The number of ether oxygens (including phenoxy) is 1. The van der Waals surface area contributed by atoms with Crippen LogP contribution in [0, 0.1) is 3.95 Å². The fraction of sp³-hybridized carbons (Fsp3) is 0.0556. The first-order chi connectivity index (χ1) is 12.5. The predicted octanol–water partition coefficient (Wildman–Crippen LogP) is 3.89. The maximum Gasteiger partial charge on any atom is 0.339 e. The minimum atomic E-state index is -0.539. The average Bonchev–Trinajstić information content (AvgIpc) is 2.96. The number of methoxy groups -OCH3 is 1. The van der Waals surface area contributed by atoms with E-state index in [1.54, 1.807) is 28.8 Å². The summed E-state index contributed by atoms with van der Waals surface area (Å²) in [6.07, 6.45) is 0. The Morgan fingerprint density at radius 1 is 1.12 bits per heavy atom. The Kier molecular flexibility index (Phi) is 5.15. The Morgan fingerprint density at radius 3 is 2.46 bits per heavy atom. The molecule has 0 aliphatic rings. The number of para-hydroxylation sites is 2. The fourth-order valence-corrected chi connectivity index (χ4v) is 3.69. The first-order valence-electron chi connectivity index (χ1n) is 7.58. The van der Waals surface area contributed by atoms with Crippen LogP contribution in [-0.4, -0.2) is 23.6 Å². The molecule has 0 bridgehead atoms. The summed E-state index contributed by atoms with van der Waals surface area (Å²) < 4.78 is 6.83. The van der Waals surface area contributed by atoms with Crippen molar-refractivity contribution in [3.05, 3.63) is 69.0 Å². The standard InChI is InChI=1S/C18H15N3O3S2/c1-24-17(23)12-9-5-6-10-13(12)20-16(22)14-15(19)21(18(25)26-14)11-7-3-2-4-8-11/h2-10H,19H2,1H3,(H,20,22). The minimum Gasteiger partial charge on any atom is -0.465 e. The van der Waals surface area contributed by atoms with Crippen LogP contribution in [0.2, 0.25) is 0 Å². The molecule has 132 valence electrons. The maximum atomic E-state index is 12.7. The molecule has 3 aromatic rings. The Hall–Kier alpha value is -2.97. The van der Waals surface area contributed by atoms with E-state index >= 15 is 0 Å². The van der Waals surface area contributed by atoms with Crippen molar-refractivity contribution in [3.8, 4) is 5.69 Å². The highest BCUT2D eigenvalue weighted by molar-refractivity contribution is 7.73. The van der Waals surface area contributed by atoms with Crippen molar-refractivity contribution in [2.45, 2.75) is 0 Å². The summed E-state index contributed by atoms with van der Waals surface area (Å²) in [4.78, 5) is 24.8. The number of esters is 1. The second-order valence-electron chi connectivity index (χ2n) is 5.24. The van der Waals surface area contributed by atoms with Crippen LogP contribution in [0.4, 0.5) is 11.5 Å². The maximum absolute atomic E-state index is 12.7. The van der Waals surface area contributed by atoms with Gasteiger partial charge in [0.05, 0.1) is 18.4 Å². The van der Waals surface area contributed by atoms with Gasteiger partial charge in [-0.3, -0.25) is 9.36 Å². The summed E-state index contributed by atoms with van der Waals surface area (Å²) in [6, 6.07) is 15.9. The van der Waals surface area contributed by atoms with E-state index in [0.717, 1.165) is 17.0 Å². The van der Waals surface area contributed by atoms with Crippen molar-refractivity contribution in [1.29, 1.82) is 0 Å². The zero-order valence-electron chi connectivity index (χ0n) is 13.8. The van der Waals surface area contributed by atoms with Gasteiger partial charge in [0.25, 0.3) is 5.91 Å². The molecule has 0 spiro atoms. The normalized spacial score (nSPS) is 10.3. The van der Waals surface area contributed by atoms with Crippen molar-refractivity contribution < 1.29 is 14.3 Å². The molecule has 0 aliphatic heterocycles. The average molecular weight is 385 g/mol. The first-order valence-corrected chi connectivity index (χ1v) is 8.81. The van der Waals surface area contributed by atoms with Crippen LogP contribution >= 0.6 is 23.6 Å². The Labute approximate surface area is 158 Å². The van der Waals surface area contributed by atoms with Gasteiger partial charge >= 0.3 is 5.97 Å². The largest absolute Gasteiger partial charge is 0.465 e. The van der Waals surface area contributed by atoms with Gasteiger partial charge in [-0.05, 0) is 36.5 Å². The van der Waals surface area contributed by atoms with Crippen molar-refractivity contribution >= 4 is 46.9 Å². The number of amides is 1. The predicted molar refractivity (Wildman–Crippen MR) is 105 cm³/mol. The lowest BCUT2D eigenvalue weighted by molar-refractivity contribution is 0.0602. The first kappa shape index (κ1) is 17.8. The molecule has 1 heterocycles. The summed E-state index contributed by atoms with van der Waals surface area (Å²) in [5.41, 5.74) is 7.55. The van der Waals surface area contributed by atoms with Gasteiger partial charge in [0.1, 0.15) is 10.7 Å². The quantitative estimate of drug-likeness (QED) is 0.526. The van der Waals surface area contributed by atoms with Gasteiger partial charge in [-0.15, -0.1) is 0 Å². The molecule has 0 fully saturated rings. The molecule has 26 heavy (non-hydrogen) atoms. The van der Waals surface area contributed by atoms with Gasteiger partial charge in [-0.1, -0.05) is 41.7 Å². The van der Waals surface area contributed by atoms with Crippen molar-refractivity contribution in [2.24, 2.45) is 0 Å². The van der Waals surface area contributed by atoms with Gasteiger partial charge in [-0.25, -0.2) is 4.79 Å². The van der Waals surface area contributed by atoms with Crippen LogP contribution in [0.3, 0.4) is 0 Å². The van der Waals surface area contributed by atoms with E-state index in [1.165, 1.54) is 7.11 Å². The van der Waals surface area contributed by atoms with Crippen molar-refractivity contribution in [3.63, 3.8) is 0 Å². The molecule has 0 saturated heterocycles. The highest BCUT2D eigenvalue weighted by atomic mass is 32.1. The summed E-state index contributed by atoms with van der Waals surface area (Å²) in [5, 5.41) is 2.71. The van der Waals surface area contributed by atoms with E-state index in [1.807, 2.05) is 30.3 Å². The molecule has 0 radical (unpaired) electrons. The lowest BCUT2D eigenvalue weighted by Crippen LogP contribution is -2.16. The second-order valence-corrected chi connectivity index (χ2v) is 6.89. The van der Waals surface area contributed by atoms with Crippen LogP contribution in [-0.2, 0) is 4.74 Å². The molecule has 0 aliphatic carbocycles. The Morgan fingerprint density at radius 2 is 1.77 bits per heavy atom. The number of anilines is 2. The number of nitrogens with two attached hydrogens (primary N) is 1. The Bertz CT molecular complexity index is 1030. The highest BCUT2D eigenvalue weighted by Gasteiger charge is 2.20. The molecule has 0 saturated carbocycles. The van der Waals surface area contributed by atoms with Crippen LogP contribution in [0.15, 0.2) is 54.6 Å². The fourth-order valence-electron chi connectivity index (χ4n) is 2.43. The third-order valence-electron chi connectivity index (χ3n) is 3.65. The van der Waals surface area contributed by atoms with Gasteiger partial charge in [0, 0.05) is 5.69 Å². The van der Waals surface area contributed by atoms with Crippen molar-refractivity contribution in [2.75, 3.05) is 18.2 Å². The number of aromatic nitrogens is 1. The van der Waals surface area contributed by atoms with E-state index in [4.69, 9.17) is 22.7 Å². The lowest BCUT2D eigenvalue weighted by Gasteiger charge is -2.09. The molecule has 0 unspecified atom stereocenters. The smallest absolute Gasteiger partial charge is 0.339 e. The molecule has 8 heteroatoms. The highest BCUT2D eigenvalue weighted by Crippen LogP contribution is 2.27. The number of carbonyl (C=O) groups excluding carboxylic acids is 2. The third kappa shape index (κ3) is 3.37. The number of thiazole rings is 1. The van der Waals surface area contributed by atoms with E-state index in [0.29, 0.717) is 9.64 Å².